The molecular weight excluding hydrogens is 422 g/mol. The third-order valence-corrected chi connectivity index (χ3v) is 8.11. The minimum atomic E-state index is -0.141. The topological polar surface area (TPSA) is 26.0 Å². The first-order valence-corrected chi connectivity index (χ1v) is 15.1. The number of nitrogens with two attached hydrogens (primary N) is 1. The van der Waals surface area contributed by atoms with Crippen LogP contribution < -0.4 is 5.73 Å². The standard InChI is InChI=1S/C34H55N/c1-3-4-5-6-7-8-9-10-11-12-13-14-15-16-17-18-25-30-33(35)34(2,31-26-21-19-22-27-31)32-28-23-20-24-29-32/h19-24,26-29,33H,3-18,25,30,35H2,1-2H3. The van der Waals surface area contributed by atoms with Gasteiger partial charge in [0.15, 0.2) is 0 Å². The van der Waals surface area contributed by atoms with Gasteiger partial charge in [-0.05, 0) is 24.5 Å². The Kier molecular flexibility index (Phi) is 15.8. The van der Waals surface area contributed by atoms with Gasteiger partial charge < -0.3 is 5.73 Å². The SMILES string of the molecule is CCCCCCCCCCCCCCCCCCCC(N)C(C)(c1ccccc1)c1ccccc1. The minimum absolute atomic E-state index is 0.128. The molecule has 0 fully saturated rings. The molecule has 1 nitrogen and oxygen atoms in total. The molecule has 0 aliphatic rings. The second-order valence-corrected chi connectivity index (χ2v) is 11.0. The summed E-state index contributed by atoms with van der Waals surface area (Å²) in [7, 11) is 0. The molecule has 0 aliphatic carbocycles. The molecule has 0 spiro atoms. The normalized spacial score (nSPS) is 12.7. The summed E-state index contributed by atoms with van der Waals surface area (Å²) in [6.07, 6.45) is 25.1. The van der Waals surface area contributed by atoms with Crippen molar-refractivity contribution < 1.29 is 0 Å². The van der Waals surface area contributed by atoms with Gasteiger partial charge in [-0.3, -0.25) is 0 Å². The van der Waals surface area contributed by atoms with Crippen LogP contribution in [-0.4, -0.2) is 6.04 Å². The van der Waals surface area contributed by atoms with E-state index in [4.69, 9.17) is 5.73 Å². The number of unbranched alkanes of at least 4 members (excludes halogenated alkanes) is 16. The van der Waals surface area contributed by atoms with Crippen LogP contribution in [0, 0.1) is 0 Å². The summed E-state index contributed by atoms with van der Waals surface area (Å²) < 4.78 is 0. The van der Waals surface area contributed by atoms with Crippen LogP contribution in [0.1, 0.15) is 141 Å². The van der Waals surface area contributed by atoms with Gasteiger partial charge >= 0.3 is 0 Å². The van der Waals surface area contributed by atoms with E-state index in [1.807, 2.05) is 0 Å². The molecule has 0 radical (unpaired) electrons. The summed E-state index contributed by atoms with van der Waals surface area (Å²) in [5, 5.41) is 0. The van der Waals surface area contributed by atoms with Crippen molar-refractivity contribution >= 4 is 0 Å². The third kappa shape index (κ3) is 11.3. The predicted octanol–water partition coefficient (Wildman–Crippen LogP) is 10.4. The van der Waals surface area contributed by atoms with Crippen LogP contribution in [0.2, 0.25) is 0 Å². The van der Waals surface area contributed by atoms with Crippen molar-refractivity contribution in [3.63, 3.8) is 0 Å². The number of rotatable bonds is 21. The van der Waals surface area contributed by atoms with Crippen LogP contribution in [0.15, 0.2) is 60.7 Å². The van der Waals surface area contributed by atoms with Gasteiger partial charge in [0.05, 0.1) is 0 Å². The Bertz CT molecular complexity index is 683. The summed E-state index contributed by atoms with van der Waals surface area (Å²) in [6.45, 7) is 4.63. The maximum atomic E-state index is 6.88. The highest BCUT2D eigenvalue weighted by atomic mass is 14.7. The molecule has 2 rings (SSSR count). The van der Waals surface area contributed by atoms with Crippen molar-refractivity contribution in [2.24, 2.45) is 5.73 Å². The highest BCUT2D eigenvalue weighted by molar-refractivity contribution is 5.40. The quantitative estimate of drug-likeness (QED) is 0.178. The molecule has 2 N–H and O–H groups in total. The molecule has 2 aromatic carbocycles. The van der Waals surface area contributed by atoms with Gasteiger partial charge in [0.25, 0.3) is 0 Å². The van der Waals surface area contributed by atoms with Crippen LogP contribution in [-0.2, 0) is 5.41 Å². The molecule has 1 atom stereocenters. The molecular formula is C34H55N. The Balaban J connectivity index is 1.53. The largest absolute Gasteiger partial charge is 0.327 e. The first kappa shape index (κ1) is 29.6. The van der Waals surface area contributed by atoms with Gasteiger partial charge in [-0.25, -0.2) is 0 Å². The van der Waals surface area contributed by atoms with Crippen molar-refractivity contribution in [1.82, 2.24) is 0 Å². The third-order valence-electron chi connectivity index (χ3n) is 8.11. The van der Waals surface area contributed by atoms with Crippen LogP contribution in [0.25, 0.3) is 0 Å². The maximum absolute atomic E-state index is 6.88. The van der Waals surface area contributed by atoms with Gasteiger partial charge in [0, 0.05) is 11.5 Å². The van der Waals surface area contributed by atoms with Crippen molar-refractivity contribution in [2.75, 3.05) is 0 Å². The van der Waals surface area contributed by atoms with Gasteiger partial charge in [-0.15, -0.1) is 0 Å². The molecule has 35 heavy (non-hydrogen) atoms. The van der Waals surface area contributed by atoms with Gasteiger partial charge in [0.2, 0.25) is 0 Å². The lowest BCUT2D eigenvalue weighted by Crippen LogP contribution is -2.44. The highest BCUT2D eigenvalue weighted by Crippen LogP contribution is 2.36. The summed E-state index contributed by atoms with van der Waals surface area (Å²) >= 11 is 0. The molecule has 0 aromatic heterocycles. The second-order valence-electron chi connectivity index (χ2n) is 11.0. The van der Waals surface area contributed by atoms with Crippen molar-refractivity contribution in [1.29, 1.82) is 0 Å². The average molecular weight is 478 g/mol. The van der Waals surface area contributed by atoms with E-state index in [-0.39, 0.29) is 11.5 Å². The fourth-order valence-electron chi connectivity index (χ4n) is 5.54. The zero-order valence-corrected chi connectivity index (χ0v) is 23.2. The van der Waals surface area contributed by atoms with Gasteiger partial charge in [-0.2, -0.15) is 0 Å². The van der Waals surface area contributed by atoms with E-state index < -0.39 is 0 Å². The predicted molar refractivity (Wildman–Crippen MR) is 156 cm³/mol. The first-order chi connectivity index (χ1) is 17.2. The minimum Gasteiger partial charge on any atom is -0.327 e. The van der Waals surface area contributed by atoms with Crippen molar-refractivity contribution in [3.8, 4) is 0 Å². The lowest BCUT2D eigenvalue weighted by molar-refractivity contribution is 0.401. The van der Waals surface area contributed by atoms with Crippen LogP contribution in [0.4, 0.5) is 0 Å². The molecule has 0 aliphatic heterocycles. The summed E-state index contributed by atoms with van der Waals surface area (Å²) in [5.41, 5.74) is 9.39. The van der Waals surface area contributed by atoms with E-state index in [9.17, 15) is 0 Å². The van der Waals surface area contributed by atoms with E-state index in [0.29, 0.717) is 0 Å². The molecule has 1 unspecified atom stereocenters. The summed E-state index contributed by atoms with van der Waals surface area (Å²) in [5.74, 6) is 0. The molecule has 0 heterocycles. The van der Waals surface area contributed by atoms with Crippen LogP contribution in [0.5, 0.6) is 0 Å². The average Bonchev–Trinajstić information content (AvgIpc) is 2.90. The van der Waals surface area contributed by atoms with E-state index in [0.717, 1.165) is 6.42 Å². The molecule has 0 amide bonds. The smallest absolute Gasteiger partial charge is 0.0325 e. The Labute approximate surface area is 218 Å². The molecule has 0 saturated carbocycles. The van der Waals surface area contributed by atoms with E-state index >= 15 is 0 Å². The van der Waals surface area contributed by atoms with Crippen LogP contribution >= 0.6 is 0 Å². The van der Waals surface area contributed by atoms with Crippen molar-refractivity contribution in [3.05, 3.63) is 71.8 Å². The molecule has 0 bridgehead atoms. The van der Waals surface area contributed by atoms with Gasteiger partial charge in [0.1, 0.15) is 0 Å². The molecule has 2 aromatic rings. The van der Waals surface area contributed by atoms with Gasteiger partial charge in [-0.1, -0.05) is 177 Å². The van der Waals surface area contributed by atoms with Crippen molar-refractivity contribution in [2.45, 2.75) is 141 Å². The number of hydrogen-bond acceptors (Lipinski definition) is 1. The lowest BCUT2D eigenvalue weighted by atomic mass is 9.69. The lowest BCUT2D eigenvalue weighted by Gasteiger charge is -2.37. The zero-order valence-electron chi connectivity index (χ0n) is 23.2. The summed E-state index contributed by atoms with van der Waals surface area (Å²) in [4.78, 5) is 0. The summed E-state index contributed by atoms with van der Waals surface area (Å²) in [6, 6.07) is 21.8. The Hall–Kier alpha value is -1.60. The Morgan fingerprint density at radius 2 is 0.829 bits per heavy atom. The fourth-order valence-corrected chi connectivity index (χ4v) is 5.54. The highest BCUT2D eigenvalue weighted by Gasteiger charge is 2.34. The Morgan fingerprint density at radius 3 is 1.17 bits per heavy atom. The number of hydrogen-bond donors (Lipinski definition) is 1. The van der Waals surface area contributed by atoms with E-state index in [1.165, 1.54) is 120 Å². The first-order valence-electron chi connectivity index (χ1n) is 15.1. The maximum Gasteiger partial charge on any atom is 0.0325 e. The second kappa shape index (κ2) is 18.6. The molecule has 1 heteroatoms. The number of benzene rings is 2. The zero-order chi connectivity index (χ0) is 25.0. The Morgan fingerprint density at radius 1 is 0.514 bits per heavy atom. The monoisotopic (exact) mass is 477 g/mol. The van der Waals surface area contributed by atoms with Crippen LogP contribution in [0.3, 0.4) is 0 Å². The molecule has 0 saturated heterocycles. The molecule has 196 valence electrons. The van der Waals surface area contributed by atoms with E-state index in [1.54, 1.807) is 0 Å². The fraction of sp³-hybridized carbons (Fsp3) is 0.647. The van der Waals surface area contributed by atoms with E-state index in [2.05, 4.69) is 74.5 Å².